The minimum atomic E-state index is 0.846. The second-order valence-electron chi connectivity index (χ2n) is 2.96. The summed E-state index contributed by atoms with van der Waals surface area (Å²) in [4.78, 5) is 0. The van der Waals surface area contributed by atoms with Crippen molar-refractivity contribution >= 4 is 5.69 Å². The molecule has 0 aliphatic carbocycles. The molecule has 1 aromatic rings. The molecule has 3 nitrogen and oxygen atoms in total. The van der Waals surface area contributed by atoms with E-state index in [9.17, 15) is 0 Å². The summed E-state index contributed by atoms with van der Waals surface area (Å²) >= 11 is 0. The topological polar surface area (TPSA) is 40.2 Å². The fourth-order valence-electron chi connectivity index (χ4n) is 1.29. The lowest BCUT2D eigenvalue weighted by Crippen LogP contribution is -1.91. The molecule has 0 atom stereocenters. The Hall–Kier alpha value is -1.56. The van der Waals surface area contributed by atoms with E-state index < -0.39 is 0 Å². The molecular formula is C10H14N3+. The van der Waals surface area contributed by atoms with Gasteiger partial charge in [0.2, 0.25) is 0 Å². The Morgan fingerprint density at radius 2 is 1.69 bits per heavy atom. The molecule has 3 heteroatoms. The van der Waals surface area contributed by atoms with Crippen LogP contribution in [0.3, 0.4) is 0 Å². The maximum Gasteiger partial charge on any atom is 0.308 e. The van der Waals surface area contributed by atoms with Crippen LogP contribution in [0.25, 0.3) is 5.08 Å². The van der Waals surface area contributed by atoms with E-state index in [1.807, 2.05) is 12.1 Å². The average Bonchev–Trinajstić information content (AvgIpc) is 2.17. The molecular weight excluding hydrogens is 162 g/mol. The van der Waals surface area contributed by atoms with Gasteiger partial charge in [0.25, 0.3) is 5.39 Å². The van der Waals surface area contributed by atoms with Gasteiger partial charge in [0.15, 0.2) is 0 Å². The zero-order chi connectivity index (χ0) is 9.68. The van der Waals surface area contributed by atoms with Crippen LogP contribution < -0.4 is 5.43 Å². The third kappa shape index (κ3) is 2.45. The van der Waals surface area contributed by atoms with Gasteiger partial charge < -0.3 is 0 Å². The van der Waals surface area contributed by atoms with Crippen LogP contribution in [0.4, 0.5) is 5.69 Å². The summed E-state index contributed by atoms with van der Waals surface area (Å²) in [7, 11) is 0. The van der Waals surface area contributed by atoms with E-state index in [4.69, 9.17) is 5.39 Å². The smallest absolute Gasteiger partial charge is 0.0613 e. The quantitative estimate of drug-likeness (QED) is 0.568. The standard InChI is InChI=1S/C10H14N3/c1-3-8-5-9(4-2)7-10(6-8)12-13-11/h5-7,12H,3-4H2,1-2H3/q+1. The molecule has 0 radical (unpaired) electrons. The van der Waals surface area contributed by atoms with Gasteiger partial charge in [-0.15, -0.1) is 0 Å². The molecule has 13 heavy (non-hydrogen) atoms. The number of nitrogens with one attached hydrogen (secondary N) is 1. The van der Waals surface area contributed by atoms with Crippen molar-refractivity contribution in [2.75, 3.05) is 5.43 Å². The molecule has 0 amide bonds. The van der Waals surface area contributed by atoms with Crippen LogP contribution >= 0.6 is 0 Å². The molecule has 0 bridgehead atoms. The van der Waals surface area contributed by atoms with Gasteiger partial charge in [-0.25, -0.2) is 0 Å². The highest BCUT2D eigenvalue weighted by Crippen LogP contribution is 2.16. The molecule has 0 aliphatic heterocycles. The molecule has 0 fully saturated rings. The minimum absolute atomic E-state index is 0.846. The van der Waals surface area contributed by atoms with E-state index in [2.05, 4.69) is 30.4 Å². The maximum absolute atomic E-state index is 8.36. The van der Waals surface area contributed by atoms with Gasteiger partial charge in [-0.05, 0) is 41.5 Å². The van der Waals surface area contributed by atoms with Crippen molar-refractivity contribution in [1.29, 1.82) is 5.39 Å². The van der Waals surface area contributed by atoms with Crippen molar-refractivity contribution < 1.29 is 0 Å². The zero-order valence-electron chi connectivity index (χ0n) is 8.04. The number of anilines is 1. The molecule has 0 unspecified atom stereocenters. The van der Waals surface area contributed by atoms with E-state index in [0.29, 0.717) is 0 Å². The number of hydrogen-bond donors (Lipinski definition) is 1. The highest BCUT2D eigenvalue weighted by atomic mass is 15.3. The first-order valence-electron chi connectivity index (χ1n) is 4.53. The summed E-state index contributed by atoms with van der Waals surface area (Å²) in [6, 6.07) is 6.14. The number of rotatable bonds is 3. The van der Waals surface area contributed by atoms with Crippen molar-refractivity contribution in [3.63, 3.8) is 0 Å². The van der Waals surface area contributed by atoms with Crippen LogP contribution in [0.5, 0.6) is 0 Å². The van der Waals surface area contributed by atoms with Gasteiger partial charge in [-0.2, -0.15) is 0 Å². The summed E-state index contributed by atoms with van der Waals surface area (Å²) in [5, 5.41) is 11.3. The number of nitrogens with zero attached hydrogens (tertiary/aromatic N) is 2. The lowest BCUT2D eigenvalue weighted by Gasteiger charge is -2.01. The summed E-state index contributed by atoms with van der Waals surface area (Å²) in [5.41, 5.74) is 5.89. The second kappa shape index (κ2) is 4.46. The number of aryl methyl sites for hydroxylation is 2. The van der Waals surface area contributed by atoms with Crippen molar-refractivity contribution in [3.05, 3.63) is 34.4 Å². The van der Waals surface area contributed by atoms with Crippen LogP contribution in [-0.4, -0.2) is 0 Å². The van der Waals surface area contributed by atoms with Crippen LogP contribution in [0.15, 0.2) is 18.2 Å². The lowest BCUT2D eigenvalue weighted by molar-refractivity contribution is 1.09. The fourth-order valence-corrected chi connectivity index (χ4v) is 1.29. The monoisotopic (exact) mass is 176 g/mol. The molecule has 0 aromatic heterocycles. The van der Waals surface area contributed by atoms with Crippen molar-refractivity contribution in [2.45, 2.75) is 26.7 Å². The molecule has 0 heterocycles. The van der Waals surface area contributed by atoms with Crippen molar-refractivity contribution in [1.82, 2.24) is 0 Å². The molecule has 0 aliphatic rings. The zero-order valence-corrected chi connectivity index (χ0v) is 8.04. The van der Waals surface area contributed by atoms with E-state index in [1.54, 1.807) is 0 Å². The predicted molar refractivity (Wildman–Crippen MR) is 53.9 cm³/mol. The van der Waals surface area contributed by atoms with E-state index in [0.717, 1.165) is 18.5 Å². The summed E-state index contributed by atoms with van der Waals surface area (Å²) in [6.45, 7) is 4.21. The van der Waals surface area contributed by atoms with Gasteiger partial charge >= 0.3 is 5.08 Å². The lowest BCUT2D eigenvalue weighted by atomic mass is 10.1. The molecule has 0 saturated heterocycles. The Morgan fingerprint density at radius 1 is 1.15 bits per heavy atom. The van der Waals surface area contributed by atoms with Crippen LogP contribution in [0.1, 0.15) is 25.0 Å². The average molecular weight is 176 g/mol. The van der Waals surface area contributed by atoms with Gasteiger partial charge in [0, 0.05) is 0 Å². The third-order valence-electron chi connectivity index (χ3n) is 2.05. The number of benzene rings is 1. The molecule has 1 aromatic carbocycles. The first kappa shape index (κ1) is 9.53. The third-order valence-corrected chi connectivity index (χ3v) is 2.05. The Labute approximate surface area is 78.4 Å². The number of hydrogen-bond acceptors (Lipinski definition) is 2. The molecule has 1 N–H and O–H groups in total. The van der Waals surface area contributed by atoms with Gasteiger partial charge in [0.05, 0.1) is 0 Å². The van der Waals surface area contributed by atoms with Crippen LogP contribution in [0.2, 0.25) is 0 Å². The summed E-state index contributed by atoms with van der Waals surface area (Å²) < 4.78 is 0. The molecule has 0 spiro atoms. The van der Waals surface area contributed by atoms with Gasteiger partial charge in [0.1, 0.15) is 5.69 Å². The van der Waals surface area contributed by atoms with Gasteiger partial charge in [-0.3, -0.25) is 0 Å². The Morgan fingerprint density at radius 3 is 2.08 bits per heavy atom. The van der Waals surface area contributed by atoms with E-state index >= 15 is 0 Å². The molecule has 68 valence electrons. The van der Waals surface area contributed by atoms with Crippen LogP contribution in [0, 0.1) is 5.39 Å². The minimum Gasteiger partial charge on any atom is -0.0613 e. The summed E-state index contributed by atoms with van der Waals surface area (Å²) in [5.74, 6) is 0. The predicted octanol–water partition coefficient (Wildman–Crippen LogP) is 2.99. The van der Waals surface area contributed by atoms with E-state index in [1.165, 1.54) is 11.1 Å². The maximum atomic E-state index is 8.36. The largest absolute Gasteiger partial charge is 0.308 e. The Balaban J connectivity index is 3.01. The molecule has 0 saturated carbocycles. The van der Waals surface area contributed by atoms with Gasteiger partial charge in [-0.1, -0.05) is 19.9 Å². The highest BCUT2D eigenvalue weighted by Gasteiger charge is 2.01. The van der Waals surface area contributed by atoms with Crippen molar-refractivity contribution in [3.8, 4) is 0 Å². The first-order valence-corrected chi connectivity index (χ1v) is 4.53. The fraction of sp³-hybridized carbons (Fsp3) is 0.400. The van der Waals surface area contributed by atoms with Crippen LogP contribution in [-0.2, 0) is 12.8 Å². The first-order chi connectivity index (χ1) is 6.30. The molecule has 1 rings (SSSR count). The second-order valence-corrected chi connectivity index (χ2v) is 2.96. The summed E-state index contributed by atoms with van der Waals surface area (Å²) in [6.07, 6.45) is 1.99. The SMILES string of the molecule is CCc1cc(CC)cc(N[N+]#N)c1. The normalized spacial score (nSPS) is 9.31. The van der Waals surface area contributed by atoms with Crippen molar-refractivity contribution in [2.24, 2.45) is 0 Å². The Kier molecular flexibility index (Phi) is 3.27. The van der Waals surface area contributed by atoms with E-state index in [-0.39, 0.29) is 0 Å². The Bertz CT molecular complexity index is 303. The highest BCUT2D eigenvalue weighted by molar-refractivity contribution is 5.49. The number of diazo groups is 1.